The first kappa shape index (κ1) is 9.76. The molecule has 0 saturated heterocycles. The van der Waals surface area contributed by atoms with Gasteiger partial charge in [-0.1, -0.05) is 25.1 Å². The fourth-order valence-electron chi connectivity index (χ4n) is 0.809. The predicted molar refractivity (Wildman–Crippen MR) is 47.4 cm³/mol. The molecule has 0 aliphatic rings. The number of hydrogen-bond acceptors (Lipinski definition) is 2. The van der Waals surface area contributed by atoms with E-state index in [4.69, 9.17) is 0 Å². The quantitative estimate of drug-likeness (QED) is 0.322. The van der Waals surface area contributed by atoms with Crippen LogP contribution in [0, 0.1) is 0 Å². The molecule has 0 heterocycles. The summed E-state index contributed by atoms with van der Waals surface area (Å²) in [6, 6.07) is 0. The Balaban J connectivity index is 2.76. The summed E-state index contributed by atoms with van der Waals surface area (Å²) in [5.74, 6) is 0. The lowest BCUT2D eigenvalue weighted by Crippen LogP contribution is -1.79. The molecule has 0 aliphatic heterocycles. The minimum Gasteiger partial charge on any atom is -0.303 e. The molecular weight excluding hydrogens is 144 g/mol. The van der Waals surface area contributed by atoms with Gasteiger partial charge >= 0.3 is 0 Å². The van der Waals surface area contributed by atoms with Gasteiger partial charge in [-0.15, -0.1) is 0 Å². The SMILES string of the molecule is O=CCCCCCCC=S. The monoisotopic (exact) mass is 158 g/mol. The molecule has 58 valence electrons. The number of rotatable bonds is 7. The second-order valence-corrected chi connectivity index (χ2v) is 2.66. The van der Waals surface area contributed by atoms with Gasteiger partial charge in [0.1, 0.15) is 6.29 Å². The van der Waals surface area contributed by atoms with Crippen molar-refractivity contribution in [3.8, 4) is 0 Å². The maximum Gasteiger partial charge on any atom is 0.119 e. The number of thiocarbonyl (C=S) groups is 1. The second-order valence-electron chi connectivity index (χ2n) is 2.32. The molecule has 0 N–H and O–H groups in total. The van der Waals surface area contributed by atoms with Crippen LogP contribution in [0.1, 0.15) is 38.5 Å². The van der Waals surface area contributed by atoms with Crippen LogP contribution in [0.2, 0.25) is 0 Å². The van der Waals surface area contributed by atoms with Gasteiger partial charge in [0, 0.05) is 6.42 Å². The Labute approximate surface area is 67.8 Å². The Morgan fingerprint density at radius 2 is 1.60 bits per heavy atom. The Morgan fingerprint density at radius 3 is 2.10 bits per heavy atom. The van der Waals surface area contributed by atoms with Crippen molar-refractivity contribution >= 4 is 23.9 Å². The summed E-state index contributed by atoms with van der Waals surface area (Å²) < 4.78 is 0. The van der Waals surface area contributed by atoms with Crippen molar-refractivity contribution in [2.24, 2.45) is 0 Å². The van der Waals surface area contributed by atoms with Crippen LogP contribution in [-0.4, -0.2) is 11.7 Å². The van der Waals surface area contributed by atoms with Gasteiger partial charge in [0.25, 0.3) is 0 Å². The van der Waals surface area contributed by atoms with Crippen molar-refractivity contribution in [1.82, 2.24) is 0 Å². The maximum atomic E-state index is 9.87. The average molecular weight is 158 g/mol. The molecule has 0 atom stereocenters. The smallest absolute Gasteiger partial charge is 0.119 e. The number of carbonyl (C=O) groups is 1. The molecule has 0 aromatic heterocycles. The van der Waals surface area contributed by atoms with E-state index in [-0.39, 0.29) is 0 Å². The molecule has 0 aromatic carbocycles. The molecule has 0 radical (unpaired) electrons. The standard InChI is InChI=1S/C8H14OS/c9-7-5-3-1-2-4-6-8-10/h7-8H,1-6H2. The van der Waals surface area contributed by atoms with Crippen molar-refractivity contribution < 1.29 is 4.79 Å². The Hall–Kier alpha value is -0.240. The summed E-state index contributed by atoms with van der Waals surface area (Å²) in [7, 11) is 0. The van der Waals surface area contributed by atoms with E-state index in [2.05, 4.69) is 12.2 Å². The zero-order valence-corrected chi connectivity index (χ0v) is 7.03. The van der Waals surface area contributed by atoms with Gasteiger partial charge < -0.3 is 4.79 Å². The third kappa shape index (κ3) is 7.76. The van der Waals surface area contributed by atoms with E-state index in [1.54, 1.807) is 5.37 Å². The molecule has 0 saturated carbocycles. The van der Waals surface area contributed by atoms with E-state index >= 15 is 0 Å². The third-order valence-electron chi connectivity index (χ3n) is 1.39. The molecule has 10 heavy (non-hydrogen) atoms. The van der Waals surface area contributed by atoms with Crippen molar-refractivity contribution in [2.45, 2.75) is 38.5 Å². The van der Waals surface area contributed by atoms with Crippen LogP contribution >= 0.6 is 12.2 Å². The summed E-state index contributed by atoms with van der Waals surface area (Å²) in [6.07, 6.45) is 7.35. The second kappa shape index (κ2) is 8.76. The number of unbranched alkanes of at least 4 members (excludes halogenated alkanes) is 5. The van der Waals surface area contributed by atoms with E-state index in [1.807, 2.05) is 0 Å². The molecule has 0 bridgehead atoms. The van der Waals surface area contributed by atoms with Gasteiger partial charge in [-0.3, -0.25) is 0 Å². The first-order chi connectivity index (χ1) is 4.91. The zero-order valence-electron chi connectivity index (χ0n) is 6.21. The molecule has 0 unspecified atom stereocenters. The van der Waals surface area contributed by atoms with Gasteiger partial charge in [0.15, 0.2) is 0 Å². The van der Waals surface area contributed by atoms with E-state index in [1.165, 1.54) is 19.3 Å². The van der Waals surface area contributed by atoms with Crippen LogP contribution in [-0.2, 0) is 4.79 Å². The highest BCUT2D eigenvalue weighted by molar-refractivity contribution is 7.78. The molecule has 1 nitrogen and oxygen atoms in total. The van der Waals surface area contributed by atoms with Crippen LogP contribution in [0.4, 0.5) is 0 Å². The lowest BCUT2D eigenvalue weighted by atomic mass is 10.1. The summed E-state index contributed by atoms with van der Waals surface area (Å²) >= 11 is 4.67. The van der Waals surface area contributed by atoms with Crippen LogP contribution < -0.4 is 0 Å². The minimum absolute atomic E-state index is 0.720. The fourth-order valence-corrected chi connectivity index (χ4v) is 0.976. The highest BCUT2D eigenvalue weighted by atomic mass is 32.1. The number of hydrogen-bond donors (Lipinski definition) is 0. The topological polar surface area (TPSA) is 17.1 Å². The molecule has 0 spiro atoms. The Morgan fingerprint density at radius 1 is 1.00 bits per heavy atom. The predicted octanol–water partition coefficient (Wildman–Crippen LogP) is 2.53. The van der Waals surface area contributed by atoms with Crippen molar-refractivity contribution in [2.75, 3.05) is 0 Å². The fraction of sp³-hybridized carbons (Fsp3) is 0.750. The highest BCUT2D eigenvalue weighted by Crippen LogP contribution is 2.02. The number of aldehydes is 1. The largest absolute Gasteiger partial charge is 0.303 e. The molecule has 0 rings (SSSR count). The van der Waals surface area contributed by atoms with Crippen molar-refractivity contribution in [3.63, 3.8) is 0 Å². The lowest BCUT2D eigenvalue weighted by molar-refractivity contribution is -0.107. The lowest BCUT2D eigenvalue weighted by Gasteiger charge is -1.93. The maximum absolute atomic E-state index is 9.87. The van der Waals surface area contributed by atoms with Gasteiger partial charge in [-0.25, -0.2) is 0 Å². The van der Waals surface area contributed by atoms with Gasteiger partial charge in [-0.2, -0.15) is 0 Å². The van der Waals surface area contributed by atoms with Crippen LogP contribution in [0.5, 0.6) is 0 Å². The normalized spacial score (nSPS) is 9.20. The minimum atomic E-state index is 0.720. The van der Waals surface area contributed by atoms with E-state index in [0.29, 0.717) is 0 Å². The van der Waals surface area contributed by atoms with Crippen molar-refractivity contribution in [3.05, 3.63) is 0 Å². The summed E-state index contributed by atoms with van der Waals surface area (Å²) in [5, 5.41) is 1.78. The van der Waals surface area contributed by atoms with Gasteiger partial charge in [0.05, 0.1) is 0 Å². The molecular formula is C8H14OS. The van der Waals surface area contributed by atoms with E-state index < -0.39 is 0 Å². The third-order valence-corrected chi connectivity index (χ3v) is 1.63. The molecule has 0 aliphatic carbocycles. The summed E-state index contributed by atoms with van der Waals surface area (Å²) in [5.41, 5.74) is 0. The van der Waals surface area contributed by atoms with Crippen LogP contribution in [0.3, 0.4) is 0 Å². The first-order valence-electron chi connectivity index (χ1n) is 3.79. The molecule has 0 amide bonds. The zero-order chi connectivity index (χ0) is 7.66. The van der Waals surface area contributed by atoms with Crippen LogP contribution in [0.15, 0.2) is 0 Å². The van der Waals surface area contributed by atoms with Crippen LogP contribution in [0.25, 0.3) is 0 Å². The van der Waals surface area contributed by atoms with E-state index in [0.717, 1.165) is 25.5 Å². The molecule has 0 aromatic rings. The van der Waals surface area contributed by atoms with Gasteiger partial charge in [0.2, 0.25) is 0 Å². The average Bonchev–Trinajstić information content (AvgIpc) is 1.97. The summed E-state index contributed by atoms with van der Waals surface area (Å²) in [6.45, 7) is 0. The Bertz CT molecular complexity index is 79.3. The first-order valence-corrected chi connectivity index (χ1v) is 4.26. The number of carbonyl (C=O) groups excluding carboxylic acids is 1. The molecule has 2 heteroatoms. The van der Waals surface area contributed by atoms with Crippen molar-refractivity contribution in [1.29, 1.82) is 0 Å². The molecule has 0 fully saturated rings. The summed E-state index contributed by atoms with van der Waals surface area (Å²) in [4.78, 5) is 9.87. The van der Waals surface area contributed by atoms with Gasteiger partial charge in [-0.05, 0) is 24.6 Å². The highest BCUT2D eigenvalue weighted by Gasteiger charge is 1.87. The Kier molecular flexibility index (Phi) is 8.55. The van der Waals surface area contributed by atoms with E-state index in [9.17, 15) is 4.79 Å².